The largest absolute Gasteiger partial charge is 0.497 e. The van der Waals surface area contributed by atoms with Gasteiger partial charge in [-0.25, -0.2) is 0 Å². The molecule has 1 atom stereocenters. The van der Waals surface area contributed by atoms with Gasteiger partial charge in [0.2, 0.25) is 0 Å². The molecule has 1 rings (SSSR count). The van der Waals surface area contributed by atoms with Crippen LogP contribution in [0.2, 0.25) is 0 Å². The van der Waals surface area contributed by atoms with E-state index >= 15 is 0 Å². The number of rotatable bonds is 10. The van der Waals surface area contributed by atoms with Crippen LogP contribution in [0.5, 0.6) is 11.5 Å². The van der Waals surface area contributed by atoms with Crippen molar-refractivity contribution >= 4 is 0 Å². The van der Waals surface area contributed by atoms with E-state index in [-0.39, 0.29) is 0 Å². The molecule has 0 radical (unpaired) electrons. The molecule has 1 N–H and O–H groups in total. The average molecular weight is 267 g/mol. The van der Waals surface area contributed by atoms with Gasteiger partial charge in [0, 0.05) is 19.7 Å². The van der Waals surface area contributed by atoms with Crippen molar-refractivity contribution in [2.45, 2.75) is 25.8 Å². The number of methoxy groups -OCH3 is 2. The predicted molar refractivity (Wildman–Crippen MR) is 77.1 cm³/mol. The van der Waals surface area contributed by atoms with E-state index in [1.54, 1.807) is 14.2 Å². The first kappa shape index (κ1) is 15.8. The fourth-order valence-electron chi connectivity index (χ4n) is 1.90. The Hall–Kier alpha value is -1.26. The number of hydrogen-bond acceptors (Lipinski definition) is 4. The van der Waals surface area contributed by atoms with E-state index in [1.807, 2.05) is 24.3 Å². The molecule has 4 heteroatoms. The molecule has 0 amide bonds. The lowest BCUT2D eigenvalue weighted by atomic mass is 10.2. The molecule has 0 bridgehead atoms. The molecular formula is C15H25NO3. The number of benzene rings is 1. The third kappa shape index (κ3) is 6.45. The molecule has 1 unspecified atom stereocenters. The maximum Gasteiger partial charge on any atom is 0.119 e. The van der Waals surface area contributed by atoms with Crippen LogP contribution in [0.1, 0.15) is 19.8 Å². The molecule has 108 valence electrons. The SMILES string of the molecule is CCCC(COC)NCCOc1ccc(OC)cc1. The predicted octanol–water partition coefficient (Wildman–Crippen LogP) is 2.48. The Morgan fingerprint density at radius 1 is 1.11 bits per heavy atom. The molecular weight excluding hydrogens is 242 g/mol. The Bertz CT molecular complexity index is 321. The molecule has 0 aliphatic rings. The van der Waals surface area contributed by atoms with E-state index in [4.69, 9.17) is 14.2 Å². The molecule has 0 spiro atoms. The molecule has 1 aromatic carbocycles. The van der Waals surface area contributed by atoms with Gasteiger partial charge in [-0.1, -0.05) is 13.3 Å². The van der Waals surface area contributed by atoms with Gasteiger partial charge < -0.3 is 19.5 Å². The van der Waals surface area contributed by atoms with E-state index in [9.17, 15) is 0 Å². The second kappa shape index (κ2) is 9.64. The smallest absolute Gasteiger partial charge is 0.119 e. The summed E-state index contributed by atoms with van der Waals surface area (Å²) in [5.41, 5.74) is 0. The summed E-state index contributed by atoms with van der Waals surface area (Å²) in [6.07, 6.45) is 2.27. The molecule has 0 saturated carbocycles. The van der Waals surface area contributed by atoms with Gasteiger partial charge >= 0.3 is 0 Å². The van der Waals surface area contributed by atoms with Crippen molar-refractivity contribution in [1.29, 1.82) is 0 Å². The molecule has 4 nitrogen and oxygen atoms in total. The van der Waals surface area contributed by atoms with E-state index in [2.05, 4.69) is 12.2 Å². The zero-order chi connectivity index (χ0) is 13.9. The minimum atomic E-state index is 0.412. The fourth-order valence-corrected chi connectivity index (χ4v) is 1.90. The van der Waals surface area contributed by atoms with E-state index in [0.29, 0.717) is 12.6 Å². The lowest BCUT2D eigenvalue weighted by Gasteiger charge is -2.17. The van der Waals surface area contributed by atoms with Crippen molar-refractivity contribution in [3.8, 4) is 11.5 Å². The highest BCUT2D eigenvalue weighted by atomic mass is 16.5. The van der Waals surface area contributed by atoms with Gasteiger partial charge in [0.1, 0.15) is 18.1 Å². The van der Waals surface area contributed by atoms with Gasteiger partial charge in [-0.2, -0.15) is 0 Å². The van der Waals surface area contributed by atoms with Crippen LogP contribution in [0.4, 0.5) is 0 Å². The van der Waals surface area contributed by atoms with Crippen molar-refractivity contribution in [1.82, 2.24) is 5.32 Å². The van der Waals surface area contributed by atoms with Crippen LogP contribution in [0.3, 0.4) is 0 Å². The van der Waals surface area contributed by atoms with Crippen molar-refractivity contribution in [2.24, 2.45) is 0 Å². The maximum absolute atomic E-state index is 5.65. The van der Waals surface area contributed by atoms with E-state index in [1.165, 1.54) is 0 Å². The minimum Gasteiger partial charge on any atom is -0.497 e. The zero-order valence-electron chi connectivity index (χ0n) is 12.1. The lowest BCUT2D eigenvalue weighted by Crippen LogP contribution is -2.35. The van der Waals surface area contributed by atoms with Gasteiger partial charge in [-0.05, 0) is 30.7 Å². The first-order valence-corrected chi connectivity index (χ1v) is 6.79. The number of nitrogens with one attached hydrogen (secondary N) is 1. The summed E-state index contributed by atoms with van der Waals surface area (Å²) in [6.45, 7) is 4.39. The molecule has 0 aliphatic heterocycles. The average Bonchev–Trinajstić information content (AvgIpc) is 2.44. The van der Waals surface area contributed by atoms with Crippen LogP contribution in [0, 0.1) is 0 Å². The minimum absolute atomic E-state index is 0.412. The number of ether oxygens (including phenoxy) is 3. The Balaban J connectivity index is 2.21. The van der Waals surface area contributed by atoms with Crippen LogP contribution in [-0.4, -0.2) is 40.0 Å². The third-order valence-electron chi connectivity index (χ3n) is 2.87. The van der Waals surface area contributed by atoms with Gasteiger partial charge in [0.15, 0.2) is 0 Å². The Morgan fingerprint density at radius 2 is 1.79 bits per heavy atom. The summed E-state index contributed by atoms with van der Waals surface area (Å²) in [4.78, 5) is 0. The summed E-state index contributed by atoms with van der Waals surface area (Å²) < 4.78 is 15.9. The lowest BCUT2D eigenvalue weighted by molar-refractivity contribution is 0.158. The highest BCUT2D eigenvalue weighted by Crippen LogP contribution is 2.16. The van der Waals surface area contributed by atoms with E-state index < -0.39 is 0 Å². The first-order chi connectivity index (χ1) is 9.30. The van der Waals surface area contributed by atoms with Crippen molar-refractivity contribution < 1.29 is 14.2 Å². The Morgan fingerprint density at radius 3 is 2.37 bits per heavy atom. The topological polar surface area (TPSA) is 39.7 Å². The van der Waals surface area contributed by atoms with Gasteiger partial charge in [-0.15, -0.1) is 0 Å². The fraction of sp³-hybridized carbons (Fsp3) is 0.600. The maximum atomic E-state index is 5.65. The molecule has 0 aliphatic carbocycles. The Kier molecular flexibility index (Phi) is 8.02. The summed E-state index contributed by atoms with van der Waals surface area (Å²) in [5, 5.41) is 3.44. The van der Waals surface area contributed by atoms with Gasteiger partial charge in [0.25, 0.3) is 0 Å². The molecule has 19 heavy (non-hydrogen) atoms. The summed E-state index contributed by atoms with van der Waals surface area (Å²) in [7, 11) is 3.39. The van der Waals surface area contributed by atoms with Gasteiger partial charge in [0.05, 0.1) is 13.7 Å². The molecule has 0 aromatic heterocycles. The highest BCUT2D eigenvalue weighted by molar-refractivity contribution is 5.31. The van der Waals surface area contributed by atoms with Crippen LogP contribution >= 0.6 is 0 Å². The molecule has 1 aromatic rings. The third-order valence-corrected chi connectivity index (χ3v) is 2.87. The molecule has 0 fully saturated rings. The highest BCUT2D eigenvalue weighted by Gasteiger charge is 2.05. The van der Waals surface area contributed by atoms with Crippen molar-refractivity contribution in [2.75, 3.05) is 34.0 Å². The second-order valence-corrected chi connectivity index (χ2v) is 4.42. The normalized spacial score (nSPS) is 12.2. The van der Waals surface area contributed by atoms with Crippen LogP contribution < -0.4 is 14.8 Å². The number of hydrogen-bond donors (Lipinski definition) is 1. The van der Waals surface area contributed by atoms with E-state index in [0.717, 1.165) is 37.5 Å². The van der Waals surface area contributed by atoms with Gasteiger partial charge in [-0.3, -0.25) is 0 Å². The first-order valence-electron chi connectivity index (χ1n) is 6.79. The second-order valence-electron chi connectivity index (χ2n) is 4.42. The van der Waals surface area contributed by atoms with Crippen LogP contribution in [-0.2, 0) is 4.74 Å². The Labute approximate surface area is 116 Å². The summed E-state index contributed by atoms with van der Waals surface area (Å²) in [5.74, 6) is 1.70. The van der Waals surface area contributed by atoms with Crippen molar-refractivity contribution in [3.05, 3.63) is 24.3 Å². The standard InChI is InChI=1S/C15H25NO3/c1-4-5-13(12-17-2)16-10-11-19-15-8-6-14(18-3)7-9-15/h6-9,13,16H,4-5,10-12H2,1-3H3. The molecule has 0 heterocycles. The van der Waals surface area contributed by atoms with Crippen LogP contribution in [0.15, 0.2) is 24.3 Å². The zero-order valence-corrected chi connectivity index (χ0v) is 12.1. The summed E-state index contributed by atoms with van der Waals surface area (Å²) in [6, 6.07) is 8.03. The van der Waals surface area contributed by atoms with Crippen molar-refractivity contribution in [3.63, 3.8) is 0 Å². The molecule has 0 saturated heterocycles. The summed E-state index contributed by atoms with van der Waals surface area (Å²) >= 11 is 0. The quantitative estimate of drug-likeness (QED) is 0.661. The monoisotopic (exact) mass is 267 g/mol. The van der Waals surface area contributed by atoms with Crippen LogP contribution in [0.25, 0.3) is 0 Å².